The minimum Gasteiger partial charge on any atom is -0.383 e. The minimum absolute atomic E-state index is 0.444. The predicted molar refractivity (Wildman–Crippen MR) is 69.8 cm³/mol. The van der Waals surface area contributed by atoms with Gasteiger partial charge in [-0.25, -0.2) is 0 Å². The number of ether oxygens (including phenoxy) is 1. The van der Waals surface area contributed by atoms with Gasteiger partial charge in [0.2, 0.25) is 0 Å². The molecule has 0 aromatic heterocycles. The largest absolute Gasteiger partial charge is 0.383 e. The van der Waals surface area contributed by atoms with Crippen molar-refractivity contribution in [2.45, 2.75) is 25.9 Å². The molecule has 4 heteroatoms. The third kappa shape index (κ3) is 8.08. The highest BCUT2D eigenvalue weighted by molar-refractivity contribution is 7.98. The summed E-state index contributed by atoms with van der Waals surface area (Å²) in [5.41, 5.74) is 0. The summed E-state index contributed by atoms with van der Waals surface area (Å²) in [6.45, 7) is 7.32. The Morgan fingerprint density at radius 1 is 1.40 bits per heavy atom. The molecule has 0 saturated carbocycles. The average Bonchev–Trinajstić information content (AvgIpc) is 2.18. The molecular weight excluding hydrogens is 208 g/mol. The number of hydrogen-bond donors (Lipinski definition) is 1. The van der Waals surface area contributed by atoms with Crippen molar-refractivity contribution in [2.75, 3.05) is 45.9 Å². The van der Waals surface area contributed by atoms with Gasteiger partial charge in [-0.05, 0) is 27.2 Å². The van der Waals surface area contributed by atoms with Crippen LogP contribution in [0.5, 0.6) is 0 Å². The number of nitrogens with zero attached hydrogens (tertiary/aromatic N) is 1. The van der Waals surface area contributed by atoms with E-state index >= 15 is 0 Å². The van der Waals surface area contributed by atoms with Crippen molar-refractivity contribution >= 4 is 11.8 Å². The van der Waals surface area contributed by atoms with Crippen LogP contribution in [-0.2, 0) is 4.74 Å². The zero-order chi connectivity index (χ0) is 11.7. The highest BCUT2D eigenvalue weighted by Crippen LogP contribution is 2.02. The van der Waals surface area contributed by atoms with Gasteiger partial charge >= 0.3 is 0 Å². The van der Waals surface area contributed by atoms with Gasteiger partial charge in [0.1, 0.15) is 0 Å². The second-order valence-electron chi connectivity index (χ2n) is 4.10. The molecule has 2 atom stereocenters. The maximum Gasteiger partial charge on any atom is 0.0613 e. The maximum atomic E-state index is 5.07. The van der Waals surface area contributed by atoms with Crippen LogP contribution in [0, 0.1) is 0 Å². The second-order valence-corrected chi connectivity index (χ2v) is 5.01. The molecule has 0 heterocycles. The Bertz CT molecular complexity index is 147. The van der Waals surface area contributed by atoms with E-state index in [9.17, 15) is 0 Å². The Hall–Kier alpha value is 0.230. The monoisotopic (exact) mass is 234 g/mol. The Kier molecular flexibility index (Phi) is 9.60. The first kappa shape index (κ1) is 15.2. The molecule has 0 aromatic rings. The summed E-state index contributed by atoms with van der Waals surface area (Å²) in [6, 6.07) is 1.10. The Balaban J connectivity index is 3.49. The minimum atomic E-state index is 0.444. The fourth-order valence-corrected chi connectivity index (χ4v) is 2.12. The number of thioether (sulfide) groups is 1. The molecular formula is C11H26N2OS. The number of likely N-dealkylation sites (N-methyl/N-ethyl adjacent to an activating group) is 1. The number of hydrogen-bond acceptors (Lipinski definition) is 4. The fraction of sp³-hybridized carbons (Fsp3) is 1.00. The van der Waals surface area contributed by atoms with E-state index in [1.807, 2.05) is 11.8 Å². The van der Waals surface area contributed by atoms with Crippen LogP contribution in [0.4, 0.5) is 0 Å². The van der Waals surface area contributed by atoms with E-state index in [2.05, 4.69) is 37.4 Å². The number of methoxy groups -OCH3 is 1. The SMILES string of the molecule is COCC(C)NCCN(C)C(C)CSC. The van der Waals surface area contributed by atoms with Gasteiger partial charge in [-0.3, -0.25) is 0 Å². The van der Waals surface area contributed by atoms with Crippen LogP contribution in [0.2, 0.25) is 0 Å². The first-order chi connectivity index (χ1) is 7.11. The summed E-state index contributed by atoms with van der Waals surface area (Å²) in [5.74, 6) is 1.20. The van der Waals surface area contributed by atoms with E-state index in [4.69, 9.17) is 4.74 Å². The number of nitrogens with one attached hydrogen (secondary N) is 1. The molecule has 92 valence electrons. The highest BCUT2D eigenvalue weighted by Gasteiger charge is 2.08. The van der Waals surface area contributed by atoms with Gasteiger partial charge in [0.15, 0.2) is 0 Å². The third-order valence-electron chi connectivity index (χ3n) is 2.53. The van der Waals surface area contributed by atoms with Crippen LogP contribution in [0.3, 0.4) is 0 Å². The highest BCUT2D eigenvalue weighted by atomic mass is 32.2. The molecule has 3 nitrogen and oxygen atoms in total. The van der Waals surface area contributed by atoms with Crippen molar-refractivity contribution in [1.82, 2.24) is 10.2 Å². The molecule has 0 aromatic carbocycles. The van der Waals surface area contributed by atoms with Crippen LogP contribution in [-0.4, -0.2) is 62.8 Å². The van der Waals surface area contributed by atoms with Crippen molar-refractivity contribution in [3.05, 3.63) is 0 Å². The molecule has 0 aliphatic heterocycles. The lowest BCUT2D eigenvalue weighted by molar-refractivity contribution is 0.169. The molecule has 1 N–H and O–H groups in total. The van der Waals surface area contributed by atoms with Crippen LogP contribution < -0.4 is 5.32 Å². The first-order valence-corrected chi connectivity index (χ1v) is 6.92. The molecule has 0 bridgehead atoms. The van der Waals surface area contributed by atoms with Crippen LogP contribution in [0.25, 0.3) is 0 Å². The Morgan fingerprint density at radius 3 is 2.60 bits per heavy atom. The smallest absolute Gasteiger partial charge is 0.0613 e. The lowest BCUT2D eigenvalue weighted by Crippen LogP contribution is -2.40. The Morgan fingerprint density at radius 2 is 2.07 bits per heavy atom. The van der Waals surface area contributed by atoms with Crippen molar-refractivity contribution in [3.63, 3.8) is 0 Å². The predicted octanol–water partition coefficient (Wildman–Crippen LogP) is 1.29. The topological polar surface area (TPSA) is 24.5 Å². The van der Waals surface area contributed by atoms with Crippen molar-refractivity contribution in [2.24, 2.45) is 0 Å². The van der Waals surface area contributed by atoms with E-state index in [0.717, 1.165) is 19.7 Å². The Labute approximate surface area is 98.9 Å². The first-order valence-electron chi connectivity index (χ1n) is 5.53. The maximum absolute atomic E-state index is 5.07. The fourth-order valence-electron chi connectivity index (χ4n) is 1.39. The van der Waals surface area contributed by atoms with E-state index in [0.29, 0.717) is 12.1 Å². The molecule has 0 aliphatic carbocycles. The van der Waals surface area contributed by atoms with Crippen molar-refractivity contribution < 1.29 is 4.74 Å². The molecule has 0 aliphatic rings. The summed E-state index contributed by atoms with van der Waals surface area (Å²) in [6.07, 6.45) is 2.16. The summed E-state index contributed by atoms with van der Waals surface area (Å²) in [7, 11) is 3.93. The standard InChI is InChI=1S/C11H26N2OS/c1-10(8-14-4)12-6-7-13(3)11(2)9-15-5/h10-12H,6-9H2,1-5H3. The molecule has 0 amide bonds. The zero-order valence-corrected chi connectivity index (χ0v) is 11.6. The van der Waals surface area contributed by atoms with E-state index in [1.54, 1.807) is 7.11 Å². The number of rotatable bonds is 9. The van der Waals surface area contributed by atoms with E-state index in [1.165, 1.54) is 5.75 Å². The summed E-state index contributed by atoms with van der Waals surface area (Å²) in [5, 5.41) is 3.44. The molecule has 0 rings (SSSR count). The van der Waals surface area contributed by atoms with Gasteiger partial charge in [-0.2, -0.15) is 11.8 Å². The summed E-state index contributed by atoms with van der Waals surface area (Å²) < 4.78 is 5.07. The lowest BCUT2D eigenvalue weighted by Gasteiger charge is -2.24. The van der Waals surface area contributed by atoms with Gasteiger partial charge < -0.3 is 15.0 Å². The van der Waals surface area contributed by atoms with E-state index < -0.39 is 0 Å². The summed E-state index contributed by atoms with van der Waals surface area (Å²) in [4.78, 5) is 2.39. The molecule has 15 heavy (non-hydrogen) atoms. The van der Waals surface area contributed by atoms with Crippen molar-refractivity contribution in [3.8, 4) is 0 Å². The van der Waals surface area contributed by atoms with Crippen LogP contribution in [0.15, 0.2) is 0 Å². The van der Waals surface area contributed by atoms with Crippen LogP contribution in [0.1, 0.15) is 13.8 Å². The van der Waals surface area contributed by atoms with Gasteiger partial charge in [0.05, 0.1) is 6.61 Å². The summed E-state index contributed by atoms with van der Waals surface area (Å²) >= 11 is 1.90. The second kappa shape index (κ2) is 9.46. The van der Waals surface area contributed by atoms with Gasteiger partial charge in [-0.15, -0.1) is 0 Å². The molecule has 0 saturated heterocycles. The average molecular weight is 234 g/mol. The van der Waals surface area contributed by atoms with Gasteiger partial charge in [0.25, 0.3) is 0 Å². The quantitative estimate of drug-likeness (QED) is 0.650. The lowest BCUT2D eigenvalue weighted by atomic mass is 10.3. The van der Waals surface area contributed by atoms with Crippen LogP contribution >= 0.6 is 11.8 Å². The zero-order valence-electron chi connectivity index (χ0n) is 10.7. The molecule has 0 radical (unpaired) electrons. The van der Waals surface area contributed by atoms with Gasteiger partial charge in [-0.1, -0.05) is 0 Å². The van der Waals surface area contributed by atoms with Crippen molar-refractivity contribution in [1.29, 1.82) is 0 Å². The normalized spacial score (nSPS) is 15.6. The molecule has 2 unspecified atom stereocenters. The third-order valence-corrected chi connectivity index (χ3v) is 3.35. The molecule has 0 spiro atoms. The van der Waals surface area contributed by atoms with Gasteiger partial charge in [0, 0.05) is 38.0 Å². The molecule has 0 fully saturated rings. The van der Waals surface area contributed by atoms with E-state index in [-0.39, 0.29) is 0 Å².